The minimum Gasteiger partial charge on any atom is -0.497 e. The Balaban J connectivity index is 1.51. The van der Waals surface area contributed by atoms with E-state index in [0.717, 1.165) is 53.3 Å². The number of benzene rings is 2. The number of thiophene rings is 1. The molecule has 0 atom stereocenters. The van der Waals surface area contributed by atoms with Crippen LogP contribution in [0.25, 0.3) is 21.7 Å². The van der Waals surface area contributed by atoms with Gasteiger partial charge in [0.1, 0.15) is 10.6 Å². The van der Waals surface area contributed by atoms with Crippen LogP contribution in [0.5, 0.6) is 5.75 Å². The molecular formula is C24H21N5O2S2. The van der Waals surface area contributed by atoms with Crippen molar-refractivity contribution in [1.82, 2.24) is 24.1 Å². The predicted molar refractivity (Wildman–Crippen MR) is 132 cm³/mol. The first-order valence-corrected chi connectivity index (χ1v) is 11.9. The lowest BCUT2D eigenvalue weighted by molar-refractivity contribution is 0.249. The highest BCUT2D eigenvalue weighted by molar-refractivity contribution is 7.71. The fourth-order valence-corrected chi connectivity index (χ4v) is 6.25. The summed E-state index contributed by atoms with van der Waals surface area (Å²) < 4.78 is 9.29. The normalized spacial score (nSPS) is 14.1. The van der Waals surface area contributed by atoms with E-state index in [0.29, 0.717) is 10.5 Å². The fraction of sp³-hybridized carbons (Fsp3) is 0.208. The van der Waals surface area contributed by atoms with E-state index in [1.165, 1.54) is 10.4 Å². The molecule has 1 N–H and O–H groups in total. The number of H-pyrrole nitrogens is 1. The minimum absolute atomic E-state index is 0.0642. The molecule has 0 spiro atoms. The van der Waals surface area contributed by atoms with Crippen molar-refractivity contribution in [2.24, 2.45) is 0 Å². The zero-order chi connectivity index (χ0) is 22.5. The lowest BCUT2D eigenvalue weighted by Gasteiger charge is -2.26. The number of methoxy groups -OCH3 is 1. The van der Waals surface area contributed by atoms with E-state index in [9.17, 15) is 4.79 Å². The van der Waals surface area contributed by atoms with Gasteiger partial charge in [-0.25, -0.2) is 14.1 Å². The highest BCUT2D eigenvalue weighted by Gasteiger charge is 2.26. The molecule has 0 aliphatic carbocycles. The van der Waals surface area contributed by atoms with Crippen molar-refractivity contribution in [1.29, 1.82) is 0 Å². The molecule has 4 heterocycles. The second kappa shape index (κ2) is 7.95. The molecular weight excluding hydrogens is 454 g/mol. The summed E-state index contributed by atoms with van der Waals surface area (Å²) >= 11 is 7.21. The van der Waals surface area contributed by atoms with Crippen molar-refractivity contribution in [3.63, 3.8) is 0 Å². The summed E-state index contributed by atoms with van der Waals surface area (Å²) in [5.74, 6) is 1.22. The van der Waals surface area contributed by atoms with Crippen LogP contribution in [0, 0.1) is 4.77 Å². The Bertz CT molecular complexity index is 1600. The first kappa shape index (κ1) is 20.3. The SMILES string of the molecule is COc1ccc(-n2c(=O)c3c4c(sc3n3c(=S)[nH]nc23)CN(Cc2ccccc2)CC4)cc1. The molecule has 5 aromatic rings. The topological polar surface area (TPSA) is 67.6 Å². The number of rotatable bonds is 4. The van der Waals surface area contributed by atoms with E-state index in [-0.39, 0.29) is 5.56 Å². The summed E-state index contributed by atoms with van der Waals surface area (Å²) in [7, 11) is 1.62. The van der Waals surface area contributed by atoms with E-state index < -0.39 is 0 Å². The molecule has 166 valence electrons. The van der Waals surface area contributed by atoms with E-state index in [1.54, 1.807) is 23.0 Å². The largest absolute Gasteiger partial charge is 0.497 e. The average molecular weight is 476 g/mol. The van der Waals surface area contributed by atoms with E-state index in [2.05, 4.69) is 39.4 Å². The summed E-state index contributed by atoms with van der Waals surface area (Å²) in [6.07, 6.45) is 0.830. The Hall–Kier alpha value is -3.27. The van der Waals surface area contributed by atoms with Gasteiger partial charge in [0.25, 0.3) is 5.56 Å². The van der Waals surface area contributed by atoms with Crippen molar-refractivity contribution < 1.29 is 4.74 Å². The second-order valence-electron chi connectivity index (χ2n) is 8.13. The molecule has 1 aliphatic heterocycles. The van der Waals surface area contributed by atoms with Gasteiger partial charge in [-0.3, -0.25) is 9.69 Å². The Kier molecular flexibility index (Phi) is 4.90. The van der Waals surface area contributed by atoms with Crippen molar-refractivity contribution >= 4 is 39.5 Å². The molecule has 3 aromatic heterocycles. The van der Waals surface area contributed by atoms with Gasteiger partial charge in [0.2, 0.25) is 10.5 Å². The molecule has 0 saturated carbocycles. The quantitative estimate of drug-likeness (QED) is 0.392. The second-order valence-corrected chi connectivity index (χ2v) is 9.60. The molecule has 0 amide bonds. The van der Waals surface area contributed by atoms with Gasteiger partial charge in [-0.2, -0.15) is 0 Å². The zero-order valence-corrected chi connectivity index (χ0v) is 19.6. The van der Waals surface area contributed by atoms with Crippen molar-refractivity contribution in [2.75, 3.05) is 13.7 Å². The van der Waals surface area contributed by atoms with Gasteiger partial charge < -0.3 is 4.74 Å². The van der Waals surface area contributed by atoms with Gasteiger partial charge in [0.05, 0.1) is 18.2 Å². The molecule has 0 unspecified atom stereocenters. The van der Waals surface area contributed by atoms with E-state index >= 15 is 0 Å². The lowest BCUT2D eigenvalue weighted by atomic mass is 10.0. The third kappa shape index (κ3) is 3.31. The number of aromatic nitrogens is 4. The third-order valence-corrected chi connectivity index (χ3v) is 7.65. The van der Waals surface area contributed by atoms with Gasteiger partial charge >= 0.3 is 0 Å². The maximum Gasteiger partial charge on any atom is 0.268 e. The molecule has 0 saturated heterocycles. The van der Waals surface area contributed by atoms with Crippen LogP contribution in [-0.2, 0) is 19.5 Å². The number of nitrogens with one attached hydrogen (secondary N) is 1. The summed E-state index contributed by atoms with van der Waals surface area (Å²) in [5.41, 5.74) is 3.09. The monoisotopic (exact) mass is 475 g/mol. The number of hydrogen-bond acceptors (Lipinski definition) is 6. The Morgan fingerprint density at radius 2 is 1.94 bits per heavy atom. The molecule has 7 nitrogen and oxygen atoms in total. The van der Waals surface area contributed by atoms with Crippen LogP contribution in [0.4, 0.5) is 0 Å². The van der Waals surface area contributed by atoms with Crippen molar-refractivity contribution in [2.45, 2.75) is 19.5 Å². The number of hydrogen-bond donors (Lipinski definition) is 1. The first-order valence-electron chi connectivity index (χ1n) is 10.7. The number of ether oxygens (including phenoxy) is 1. The minimum atomic E-state index is -0.0642. The van der Waals surface area contributed by atoms with Gasteiger partial charge in [-0.05, 0) is 54.0 Å². The van der Waals surface area contributed by atoms with E-state index in [1.807, 2.05) is 34.7 Å². The van der Waals surface area contributed by atoms with Crippen LogP contribution in [-0.4, -0.2) is 37.7 Å². The molecule has 6 rings (SSSR count). The predicted octanol–water partition coefficient (Wildman–Crippen LogP) is 4.32. The van der Waals surface area contributed by atoms with E-state index in [4.69, 9.17) is 17.0 Å². The van der Waals surface area contributed by atoms with Gasteiger partial charge in [-0.1, -0.05) is 30.3 Å². The standard InChI is InChI=1S/C24H21N5O2S2/c1-31-17-9-7-16(8-10-17)28-21(30)20-18-11-12-27(13-15-5-3-2-4-6-15)14-19(18)33-22(20)29-23(28)25-26-24(29)32/h2-10H,11-14H2,1H3,(H,26,32). The molecule has 9 heteroatoms. The molecule has 33 heavy (non-hydrogen) atoms. The highest BCUT2D eigenvalue weighted by Crippen LogP contribution is 2.35. The van der Waals surface area contributed by atoms with Gasteiger partial charge in [0.15, 0.2) is 0 Å². The summed E-state index contributed by atoms with van der Waals surface area (Å²) in [6, 6.07) is 17.9. The molecule has 2 aromatic carbocycles. The van der Waals surface area contributed by atoms with Crippen LogP contribution < -0.4 is 10.3 Å². The van der Waals surface area contributed by atoms with Crippen molar-refractivity contribution in [3.8, 4) is 11.4 Å². The molecule has 0 bridgehead atoms. The number of aromatic amines is 1. The van der Waals surface area contributed by atoms with Crippen LogP contribution in [0.1, 0.15) is 16.0 Å². The first-order chi connectivity index (χ1) is 16.1. The van der Waals surface area contributed by atoms with Gasteiger partial charge in [-0.15, -0.1) is 16.4 Å². The van der Waals surface area contributed by atoms with Crippen LogP contribution in [0.2, 0.25) is 0 Å². The van der Waals surface area contributed by atoms with Gasteiger partial charge in [0, 0.05) is 24.5 Å². The molecule has 0 fully saturated rings. The average Bonchev–Trinajstić information content (AvgIpc) is 3.40. The van der Waals surface area contributed by atoms with Crippen LogP contribution in [0.3, 0.4) is 0 Å². The Morgan fingerprint density at radius 3 is 2.70 bits per heavy atom. The zero-order valence-electron chi connectivity index (χ0n) is 17.9. The maximum absolute atomic E-state index is 13.8. The smallest absolute Gasteiger partial charge is 0.268 e. The summed E-state index contributed by atoms with van der Waals surface area (Å²) in [6.45, 7) is 2.62. The van der Waals surface area contributed by atoms with Crippen molar-refractivity contribution in [3.05, 3.63) is 85.7 Å². The molecule has 0 radical (unpaired) electrons. The third-order valence-electron chi connectivity index (χ3n) is 6.17. The maximum atomic E-state index is 13.8. The number of fused-ring (bicyclic) bond motifs is 5. The summed E-state index contributed by atoms with van der Waals surface area (Å²) in [4.78, 5) is 18.4. The lowest BCUT2D eigenvalue weighted by Crippen LogP contribution is -2.30. The number of nitrogens with zero attached hydrogens (tertiary/aromatic N) is 4. The fourth-order valence-electron chi connectivity index (χ4n) is 4.58. The van der Waals surface area contributed by atoms with Crippen LogP contribution in [0.15, 0.2) is 59.4 Å². The summed E-state index contributed by atoms with van der Waals surface area (Å²) in [5, 5.41) is 8.02. The highest BCUT2D eigenvalue weighted by atomic mass is 32.1. The Labute approximate surface area is 198 Å². The van der Waals surface area contributed by atoms with Crippen LogP contribution >= 0.6 is 23.6 Å². The Morgan fingerprint density at radius 1 is 1.15 bits per heavy atom. The molecule has 1 aliphatic rings.